The van der Waals surface area contributed by atoms with E-state index in [1.54, 1.807) is 29.2 Å². The summed E-state index contributed by atoms with van der Waals surface area (Å²) < 4.78 is 27.3. The van der Waals surface area contributed by atoms with Crippen LogP contribution in [0.25, 0.3) is 0 Å². The van der Waals surface area contributed by atoms with Crippen LogP contribution in [0.1, 0.15) is 12.5 Å². The molecule has 0 aliphatic rings. The van der Waals surface area contributed by atoms with Crippen molar-refractivity contribution in [3.8, 4) is 6.07 Å². The van der Waals surface area contributed by atoms with Gasteiger partial charge in [0.15, 0.2) is 0 Å². The minimum Gasteiger partial charge on any atom is -0.339 e. The van der Waals surface area contributed by atoms with Crippen LogP contribution in [0.3, 0.4) is 0 Å². The highest BCUT2D eigenvalue weighted by Crippen LogP contribution is 2.28. The molecule has 0 heterocycles. The van der Waals surface area contributed by atoms with Crippen molar-refractivity contribution in [3.63, 3.8) is 0 Å². The molecule has 0 amide bonds. The molecule has 0 aliphatic heterocycles. The zero-order valence-corrected chi connectivity index (χ0v) is 10.4. The molecule has 2 rings (SSSR count). The monoisotopic (exact) mass is 258 g/mol. The maximum atomic E-state index is 13.8. The van der Waals surface area contributed by atoms with Crippen molar-refractivity contribution in [2.45, 2.75) is 6.92 Å². The Hall–Kier alpha value is -2.41. The predicted octanol–water partition coefficient (Wildman–Crippen LogP) is 3.99. The summed E-state index contributed by atoms with van der Waals surface area (Å²) >= 11 is 0. The first-order valence-corrected chi connectivity index (χ1v) is 5.88. The van der Waals surface area contributed by atoms with Crippen molar-refractivity contribution in [1.82, 2.24) is 0 Å². The van der Waals surface area contributed by atoms with Crippen LogP contribution in [-0.2, 0) is 0 Å². The number of nitrogens with zero attached hydrogens (tertiary/aromatic N) is 2. The molecule has 0 fully saturated rings. The van der Waals surface area contributed by atoms with Crippen molar-refractivity contribution >= 4 is 11.4 Å². The Morgan fingerprint density at radius 1 is 1.16 bits per heavy atom. The highest BCUT2D eigenvalue weighted by molar-refractivity contribution is 5.65. The van der Waals surface area contributed by atoms with Crippen molar-refractivity contribution in [2.75, 3.05) is 11.4 Å². The largest absolute Gasteiger partial charge is 0.339 e. The highest BCUT2D eigenvalue weighted by atomic mass is 19.1. The van der Waals surface area contributed by atoms with Gasteiger partial charge in [0.25, 0.3) is 0 Å². The van der Waals surface area contributed by atoms with Crippen LogP contribution >= 0.6 is 0 Å². The molecule has 0 saturated carbocycles. The fourth-order valence-electron chi connectivity index (χ4n) is 1.96. The van der Waals surface area contributed by atoms with Gasteiger partial charge in [-0.2, -0.15) is 5.26 Å². The lowest BCUT2D eigenvalue weighted by Gasteiger charge is -2.24. The Morgan fingerprint density at radius 3 is 2.53 bits per heavy atom. The number of nitriles is 1. The van der Waals surface area contributed by atoms with E-state index in [-0.39, 0.29) is 11.4 Å². The van der Waals surface area contributed by atoms with Gasteiger partial charge in [-0.1, -0.05) is 12.1 Å². The van der Waals surface area contributed by atoms with Crippen LogP contribution in [0.15, 0.2) is 42.5 Å². The number of anilines is 2. The summed E-state index contributed by atoms with van der Waals surface area (Å²) in [4.78, 5) is 1.62. The Bertz CT molecular complexity index is 632. The second-order valence-electron chi connectivity index (χ2n) is 4.01. The minimum absolute atomic E-state index is 0.213. The lowest BCUT2D eigenvalue weighted by atomic mass is 10.1. The molecular weight excluding hydrogens is 246 g/mol. The van der Waals surface area contributed by atoms with Crippen LogP contribution < -0.4 is 4.90 Å². The summed E-state index contributed by atoms with van der Waals surface area (Å²) in [6.07, 6.45) is 0. The van der Waals surface area contributed by atoms with E-state index in [1.807, 2.05) is 13.0 Å². The number of benzene rings is 2. The van der Waals surface area contributed by atoms with Gasteiger partial charge in [-0.15, -0.1) is 0 Å². The molecule has 0 aromatic heterocycles. The molecule has 0 aliphatic carbocycles. The van der Waals surface area contributed by atoms with Gasteiger partial charge in [0, 0.05) is 12.2 Å². The average Bonchev–Trinajstić information content (AvgIpc) is 2.41. The molecule has 0 unspecified atom stereocenters. The van der Waals surface area contributed by atoms with Crippen molar-refractivity contribution < 1.29 is 8.78 Å². The molecule has 0 spiro atoms. The number of hydrogen-bond donors (Lipinski definition) is 0. The van der Waals surface area contributed by atoms with Crippen molar-refractivity contribution in [1.29, 1.82) is 5.26 Å². The molecule has 2 nitrogen and oxygen atoms in total. The van der Waals surface area contributed by atoms with E-state index in [1.165, 1.54) is 12.1 Å². The zero-order valence-electron chi connectivity index (χ0n) is 10.4. The minimum atomic E-state index is -0.510. The molecule has 0 radical (unpaired) electrons. The van der Waals surface area contributed by atoms with Gasteiger partial charge in [0.2, 0.25) is 0 Å². The predicted molar refractivity (Wildman–Crippen MR) is 70.2 cm³/mol. The van der Waals surface area contributed by atoms with Gasteiger partial charge in [-0.3, -0.25) is 0 Å². The maximum absolute atomic E-state index is 13.8. The topological polar surface area (TPSA) is 27.0 Å². The van der Waals surface area contributed by atoms with Crippen LogP contribution in [0, 0.1) is 23.0 Å². The molecule has 96 valence electrons. The van der Waals surface area contributed by atoms with E-state index >= 15 is 0 Å². The summed E-state index contributed by atoms with van der Waals surface area (Å²) in [5.41, 5.74) is 1.04. The molecule has 4 heteroatoms. The van der Waals surface area contributed by atoms with Gasteiger partial charge >= 0.3 is 0 Å². The smallest absolute Gasteiger partial charge is 0.146 e. The van der Waals surface area contributed by atoms with Crippen molar-refractivity contribution in [2.24, 2.45) is 0 Å². The number of halogens is 2. The molecule has 0 bridgehead atoms. The Kier molecular flexibility index (Phi) is 3.76. The summed E-state index contributed by atoms with van der Waals surface area (Å²) in [5.74, 6) is -0.893. The second-order valence-corrected chi connectivity index (χ2v) is 4.01. The van der Waals surface area contributed by atoms with Crippen molar-refractivity contribution in [3.05, 3.63) is 59.7 Å². The van der Waals surface area contributed by atoms with Gasteiger partial charge in [0.05, 0.1) is 17.3 Å². The highest BCUT2D eigenvalue weighted by Gasteiger charge is 2.13. The lowest BCUT2D eigenvalue weighted by molar-refractivity contribution is 0.621. The van der Waals surface area contributed by atoms with Crippen LogP contribution in [0.5, 0.6) is 0 Å². The molecule has 0 atom stereocenters. The fourth-order valence-corrected chi connectivity index (χ4v) is 1.96. The number of para-hydroxylation sites is 1. The quantitative estimate of drug-likeness (QED) is 0.832. The number of rotatable bonds is 3. The zero-order chi connectivity index (χ0) is 13.8. The van der Waals surface area contributed by atoms with Crippen LogP contribution in [-0.4, -0.2) is 6.54 Å². The first-order valence-electron chi connectivity index (χ1n) is 5.88. The van der Waals surface area contributed by atoms with Gasteiger partial charge in [-0.05, 0) is 37.3 Å². The van der Waals surface area contributed by atoms with E-state index in [0.717, 1.165) is 6.07 Å². The molecular formula is C15H12F2N2. The third kappa shape index (κ3) is 2.71. The maximum Gasteiger partial charge on any atom is 0.146 e. The molecule has 0 N–H and O–H groups in total. The molecule has 2 aromatic carbocycles. The van der Waals surface area contributed by atoms with E-state index < -0.39 is 5.82 Å². The summed E-state index contributed by atoms with van der Waals surface area (Å²) in [6, 6.07) is 12.2. The molecule has 2 aromatic rings. The van der Waals surface area contributed by atoms with Gasteiger partial charge < -0.3 is 4.90 Å². The van der Waals surface area contributed by atoms with Crippen LogP contribution in [0.4, 0.5) is 20.2 Å². The lowest BCUT2D eigenvalue weighted by Crippen LogP contribution is -2.17. The SMILES string of the molecule is CCN(c1cc(F)cc(C#N)c1)c1ccccc1F. The Balaban J connectivity index is 2.52. The molecule has 0 saturated heterocycles. The Labute approximate surface area is 110 Å². The van der Waals surface area contributed by atoms with E-state index in [0.29, 0.717) is 17.9 Å². The van der Waals surface area contributed by atoms with E-state index in [2.05, 4.69) is 0 Å². The van der Waals surface area contributed by atoms with Gasteiger partial charge in [0.1, 0.15) is 11.6 Å². The summed E-state index contributed by atoms with van der Waals surface area (Å²) in [6.45, 7) is 2.30. The standard InChI is InChI=1S/C15H12F2N2/c1-2-19(15-6-4-3-5-14(15)17)13-8-11(10-18)7-12(16)9-13/h3-9H,2H2,1H3. The van der Waals surface area contributed by atoms with Gasteiger partial charge in [-0.25, -0.2) is 8.78 Å². The first-order chi connectivity index (χ1) is 9.15. The number of hydrogen-bond acceptors (Lipinski definition) is 2. The third-order valence-electron chi connectivity index (χ3n) is 2.78. The second kappa shape index (κ2) is 5.49. The molecule has 19 heavy (non-hydrogen) atoms. The Morgan fingerprint density at radius 2 is 1.89 bits per heavy atom. The fraction of sp³-hybridized carbons (Fsp3) is 0.133. The summed E-state index contributed by atoms with van der Waals surface area (Å²) in [5, 5.41) is 8.86. The first kappa shape index (κ1) is 13.0. The summed E-state index contributed by atoms with van der Waals surface area (Å²) in [7, 11) is 0. The average molecular weight is 258 g/mol. The van der Waals surface area contributed by atoms with Crippen LogP contribution in [0.2, 0.25) is 0 Å². The normalized spacial score (nSPS) is 10.0. The van der Waals surface area contributed by atoms with E-state index in [9.17, 15) is 8.78 Å². The third-order valence-corrected chi connectivity index (χ3v) is 2.78. The van der Waals surface area contributed by atoms with E-state index in [4.69, 9.17) is 5.26 Å².